The van der Waals surface area contributed by atoms with Gasteiger partial charge in [0.1, 0.15) is 18.2 Å². The van der Waals surface area contributed by atoms with E-state index in [4.69, 9.17) is 11.6 Å². The Morgan fingerprint density at radius 3 is 2.73 bits per heavy atom. The molecule has 0 saturated carbocycles. The van der Waals surface area contributed by atoms with Gasteiger partial charge in [-0.1, -0.05) is 29.0 Å². The lowest BCUT2D eigenvalue weighted by Gasteiger charge is -2.04. The molecular formula is C17H11ClF2N2O3S. The molecule has 0 aliphatic rings. The number of ether oxygens (including phenoxy) is 1. The maximum Gasteiger partial charge on any atom is 0.325 e. The molecular weight excluding hydrogens is 386 g/mol. The number of carbonyl (C=O) groups excluding carboxylic acids is 2. The van der Waals surface area contributed by atoms with E-state index < -0.39 is 23.5 Å². The minimum atomic E-state index is -0.904. The Kier molecular flexibility index (Phi) is 5.15. The fourth-order valence-corrected chi connectivity index (χ4v) is 3.62. The van der Waals surface area contributed by atoms with Crippen LogP contribution in [0.1, 0.15) is 10.4 Å². The van der Waals surface area contributed by atoms with Gasteiger partial charge in [0.15, 0.2) is 4.80 Å². The van der Waals surface area contributed by atoms with E-state index in [1.165, 1.54) is 42.0 Å². The Bertz CT molecular complexity index is 1070. The highest BCUT2D eigenvalue weighted by molar-refractivity contribution is 7.16. The number of hydrogen-bond acceptors (Lipinski definition) is 4. The number of fused-ring (bicyclic) bond motifs is 1. The zero-order valence-corrected chi connectivity index (χ0v) is 14.9. The molecule has 9 heteroatoms. The van der Waals surface area contributed by atoms with Crippen LogP contribution in [-0.4, -0.2) is 23.6 Å². The smallest absolute Gasteiger partial charge is 0.325 e. The van der Waals surface area contributed by atoms with E-state index in [1.54, 1.807) is 0 Å². The third-order valence-electron chi connectivity index (χ3n) is 3.53. The summed E-state index contributed by atoms with van der Waals surface area (Å²) in [4.78, 5) is 28.1. The van der Waals surface area contributed by atoms with Crippen LogP contribution in [0.5, 0.6) is 0 Å². The highest BCUT2D eigenvalue weighted by Crippen LogP contribution is 2.21. The maximum atomic E-state index is 13.9. The van der Waals surface area contributed by atoms with Crippen LogP contribution in [0.3, 0.4) is 0 Å². The molecule has 3 aromatic rings. The van der Waals surface area contributed by atoms with Crippen molar-refractivity contribution in [2.45, 2.75) is 6.54 Å². The molecule has 0 bridgehead atoms. The molecule has 0 unspecified atom stereocenters. The standard InChI is InChI=1S/C17H11ClF2N2O3S/c1-25-14(23)8-22-12-6-5-9(19)7-13(12)26-17(22)21-16(24)15-10(18)3-2-4-11(15)20/h2-7H,8H2,1H3. The van der Waals surface area contributed by atoms with Crippen molar-refractivity contribution >= 4 is 45.0 Å². The van der Waals surface area contributed by atoms with Crippen molar-refractivity contribution in [3.8, 4) is 0 Å². The minimum Gasteiger partial charge on any atom is -0.468 e. The molecule has 26 heavy (non-hydrogen) atoms. The fourth-order valence-electron chi connectivity index (χ4n) is 2.32. The minimum absolute atomic E-state index is 0.0783. The number of thiazole rings is 1. The van der Waals surface area contributed by atoms with Gasteiger partial charge in [-0.2, -0.15) is 4.99 Å². The van der Waals surface area contributed by atoms with Gasteiger partial charge in [0.05, 0.1) is 27.9 Å². The number of hydrogen-bond donors (Lipinski definition) is 0. The first-order chi connectivity index (χ1) is 12.4. The summed E-state index contributed by atoms with van der Waals surface area (Å²) in [6.45, 7) is -0.237. The molecule has 0 spiro atoms. The largest absolute Gasteiger partial charge is 0.468 e. The average Bonchev–Trinajstić information content (AvgIpc) is 2.90. The van der Waals surface area contributed by atoms with Crippen LogP contribution >= 0.6 is 22.9 Å². The van der Waals surface area contributed by atoms with E-state index >= 15 is 0 Å². The molecule has 1 heterocycles. The van der Waals surface area contributed by atoms with Gasteiger partial charge in [-0.3, -0.25) is 9.59 Å². The molecule has 0 radical (unpaired) electrons. The Balaban J connectivity index is 2.19. The van der Waals surface area contributed by atoms with Crippen molar-refractivity contribution in [1.82, 2.24) is 4.57 Å². The quantitative estimate of drug-likeness (QED) is 0.636. The van der Waals surface area contributed by atoms with Gasteiger partial charge in [0, 0.05) is 0 Å². The normalized spacial score (nSPS) is 11.8. The number of amides is 1. The van der Waals surface area contributed by atoms with Crippen LogP contribution < -0.4 is 4.80 Å². The van der Waals surface area contributed by atoms with E-state index in [-0.39, 0.29) is 21.9 Å². The Hall–Kier alpha value is -2.58. The first-order valence-electron chi connectivity index (χ1n) is 7.29. The summed E-state index contributed by atoms with van der Waals surface area (Å²) >= 11 is 6.88. The Morgan fingerprint density at radius 1 is 1.27 bits per heavy atom. The molecule has 2 aromatic carbocycles. The molecule has 1 aromatic heterocycles. The van der Waals surface area contributed by atoms with E-state index in [2.05, 4.69) is 9.73 Å². The van der Waals surface area contributed by atoms with Crippen LogP contribution in [0.4, 0.5) is 8.78 Å². The summed E-state index contributed by atoms with van der Waals surface area (Å²) in [7, 11) is 1.22. The van der Waals surface area contributed by atoms with Gasteiger partial charge in [-0.25, -0.2) is 8.78 Å². The third kappa shape index (κ3) is 3.51. The number of benzene rings is 2. The number of halogens is 3. The second-order valence-electron chi connectivity index (χ2n) is 5.17. The predicted molar refractivity (Wildman–Crippen MR) is 93.1 cm³/mol. The third-order valence-corrected chi connectivity index (χ3v) is 4.89. The van der Waals surface area contributed by atoms with E-state index in [1.807, 2.05) is 0 Å². The summed E-state index contributed by atoms with van der Waals surface area (Å²) in [6.07, 6.45) is 0. The van der Waals surface area contributed by atoms with Gasteiger partial charge in [-0.15, -0.1) is 0 Å². The van der Waals surface area contributed by atoms with Gasteiger partial charge in [0.25, 0.3) is 5.91 Å². The fraction of sp³-hybridized carbons (Fsp3) is 0.118. The molecule has 5 nitrogen and oxygen atoms in total. The lowest BCUT2D eigenvalue weighted by molar-refractivity contribution is -0.141. The van der Waals surface area contributed by atoms with Gasteiger partial charge in [0.2, 0.25) is 0 Å². The topological polar surface area (TPSA) is 60.7 Å². The van der Waals surface area contributed by atoms with Crippen molar-refractivity contribution in [2.75, 3.05) is 7.11 Å². The number of rotatable bonds is 3. The summed E-state index contributed by atoms with van der Waals surface area (Å²) in [6, 6.07) is 7.78. The molecule has 134 valence electrons. The number of aromatic nitrogens is 1. The van der Waals surface area contributed by atoms with Gasteiger partial charge < -0.3 is 9.30 Å². The molecule has 0 aliphatic heterocycles. The zero-order chi connectivity index (χ0) is 18.8. The first kappa shape index (κ1) is 18.2. The molecule has 0 N–H and O–H groups in total. The van der Waals surface area contributed by atoms with Crippen molar-refractivity contribution in [3.63, 3.8) is 0 Å². The highest BCUT2D eigenvalue weighted by atomic mass is 35.5. The second-order valence-corrected chi connectivity index (χ2v) is 6.59. The van der Waals surface area contributed by atoms with Crippen molar-refractivity contribution in [1.29, 1.82) is 0 Å². The van der Waals surface area contributed by atoms with Crippen LogP contribution in [0, 0.1) is 11.6 Å². The van der Waals surface area contributed by atoms with E-state index in [0.717, 1.165) is 17.4 Å². The van der Waals surface area contributed by atoms with E-state index in [0.29, 0.717) is 10.2 Å². The van der Waals surface area contributed by atoms with Crippen LogP contribution in [0.15, 0.2) is 41.4 Å². The van der Waals surface area contributed by atoms with Crippen LogP contribution in [-0.2, 0) is 16.1 Å². The van der Waals surface area contributed by atoms with Crippen molar-refractivity contribution in [2.24, 2.45) is 4.99 Å². The number of methoxy groups -OCH3 is 1. The van der Waals surface area contributed by atoms with Crippen molar-refractivity contribution < 1.29 is 23.1 Å². The summed E-state index contributed by atoms with van der Waals surface area (Å²) in [5, 5.41) is -0.0783. The maximum absolute atomic E-state index is 13.9. The molecule has 3 rings (SSSR count). The predicted octanol–water partition coefficient (Wildman–Crippen LogP) is 3.55. The molecule has 0 atom stereocenters. The van der Waals surface area contributed by atoms with Crippen LogP contribution in [0.25, 0.3) is 10.2 Å². The molecule has 1 amide bonds. The number of carbonyl (C=O) groups is 2. The summed E-state index contributed by atoms with van der Waals surface area (Å²) in [5.74, 6) is -2.76. The van der Waals surface area contributed by atoms with Gasteiger partial charge >= 0.3 is 5.97 Å². The average molecular weight is 397 g/mol. The zero-order valence-electron chi connectivity index (χ0n) is 13.3. The second kappa shape index (κ2) is 7.35. The summed E-state index contributed by atoms with van der Waals surface area (Å²) < 4.78 is 33.9. The highest BCUT2D eigenvalue weighted by Gasteiger charge is 2.17. The first-order valence-corrected chi connectivity index (χ1v) is 8.49. The molecule has 0 saturated heterocycles. The Labute approximate surface area is 155 Å². The lowest BCUT2D eigenvalue weighted by atomic mass is 10.2. The molecule has 0 aliphatic carbocycles. The molecule has 0 fully saturated rings. The van der Waals surface area contributed by atoms with Crippen molar-refractivity contribution in [3.05, 3.63) is 63.4 Å². The lowest BCUT2D eigenvalue weighted by Crippen LogP contribution is -2.22. The summed E-state index contributed by atoms with van der Waals surface area (Å²) in [5.41, 5.74) is 0.121. The number of nitrogens with zero attached hydrogens (tertiary/aromatic N) is 2. The number of esters is 1. The SMILES string of the molecule is COC(=O)Cn1c(=NC(=O)c2c(F)cccc2Cl)sc2cc(F)ccc21. The van der Waals surface area contributed by atoms with Crippen LogP contribution in [0.2, 0.25) is 5.02 Å². The van der Waals surface area contributed by atoms with E-state index in [9.17, 15) is 18.4 Å². The Morgan fingerprint density at radius 2 is 2.04 bits per heavy atom. The monoisotopic (exact) mass is 396 g/mol. The van der Waals surface area contributed by atoms with Gasteiger partial charge in [-0.05, 0) is 30.3 Å².